The molecule has 0 aliphatic heterocycles. The summed E-state index contributed by atoms with van der Waals surface area (Å²) in [6.07, 6.45) is 0.504. The molecule has 1 N–H and O–H groups in total. The van der Waals surface area contributed by atoms with Gasteiger partial charge in [-0.15, -0.1) is 0 Å². The SMILES string of the molecule is CC(NC(=O)CCS)C(C)(C)C. The Labute approximate surface area is 80.5 Å². The molecule has 0 aromatic carbocycles. The third-order valence-electron chi connectivity index (χ3n) is 2.02. The highest BCUT2D eigenvalue weighted by molar-refractivity contribution is 7.80. The summed E-state index contributed by atoms with van der Waals surface area (Å²) in [6.45, 7) is 8.35. The van der Waals surface area contributed by atoms with Crippen molar-refractivity contribution in [2.45, 2.75) is 40.2 Å². The summed E-state index contributed by atoms with van der Waals surface area (Å²) in [4.78, 5) is 11.1. The summed E-state index contributed by atoms with van der Waals surface area (Å²) < 4.78 is 0. The first-order chi connectivity index (χ1) is 5.38. The Bertz CT molecular complexity index is 151. The van der Waals surface area contributed by atoms with Crippen molar-refractivity contribution in [2.75, 3.05) is 5.75 Å². The van der Waals surface area contributed by atoms with E-state index in [-0.39, 0.29) is 17.4 Å². The molecule has 1 amide bonds. The molecule has 0 saturated heterocycles. The van der Waals surface area contributed by atoms with Crippen LogP contribution in [0, 0.1) is 5.41 Å². The predicted octanol–water partition coefficient (Wildman–Crippen LogP) is 1.86. The van der Waals surface area contributed by atoms with Crippen LogP contribution in [0.25, 0.3) is 0 Å². The maximum Gasteiger partial charge on any atom is 0.221 e. The second-order valence-corrected chi connectivity index (χ2v) is 4.58. The summed E-state index contributed by atoms with van der Waals surface area (Å²) >= 11 is 3.99. The van der Waals surface area contributed by atoms with Gasteiger partial charge >= 0.3 is 0 Å². The fraction of sp³-hybridized carbons (Fsp3) is 0.889. The Morgan fingerprint density at radius 1 is 1.50 bits per heavy atom. The third-order valence-corrected chi connectivity index (χ3v) is 2.24. The van der Waals surface area contributed by atoms with Gasteiger partial charge < -0.3 is 5.32 Å². The molecule has 72 valence electrons. The smallest absolute Gasteiger partial charge is 0.221 e. The fourth-order valence-corrected chi connectivity index (χ4v) is 0.835. The van der Waals surface area contributed by atoms with Gasteiger partial charge in [0.15, 0.2) is 0 Å². The van der Waals surface area contributed by atoms with Gasteiger partial charge in [0.05, 0.1) is 0 Å². The lowest BCUT2D eigenvalue weighted by Gasteiger charge is -2.27. The molecule has 0 radical (unpaired) electrons. The number of amides is 1. The summed E-state index contributed by atoms with van der Waals surface area (Å²) in [6, 6.07) is 0.213. The first-order valence-corrected chi connectivity index (χ1v) is 4.91. The van der Waals surface area contributed by atoms with Crippen molar-refractivity contribution in [1.82, 2.24) is 5.32 Å². The number of hydrogen-bond donors (Lipinski definition) is 2. The van der Waals surface area contributed by atoms with Crippen molar-refractivity contribution in [2.24, 2.45) is 5.41 Å². The fourth-order valence-electron chi connectivity index (χ4n) is 0.632. The average molecular weight is 189 g/mol. The number of nitrogens with one attached hydrogen (secondary N) is 1. The van der Waals surface area contributed by atoms with E-state index in [1.165, 1.54) is 0 Å². The highest BCUT2D eigenvalue weighted by atomic mass is 32.1. The highest BCUT2D eigenvalue weighted by Gasteiger charge is 2.20. The predicted molar refractivity (Wildman–Crippen MR) is 55.5 cm³/mol. The standard InChI is InChI=1S/C9H19NOS/c1-7(9(2,3)4)10-8(11)5-6-12/h7,12H,5-6H2,1-4H3,(H,10,11). The largest absolute Gasteiger partial charge is 0.353 e. The summed E-state index contributed by atoms with van der Waals surface area (Å²) in [5.41, 5.74) is 0.131. The van der Waals surface area contributed by atoms with Gasteiger partial charge in [0.25, 0.3) is 0 Å². The van der Waals surface area contributed by atoms with Crippen LogP contribution in [0.4, 0.5) is 0 Å². The van der Waals surface area contributed by atoms with Crippen molar-refractivity contribution in [1.29, 1.82) is 0 Å². The molecule has 0 aromatic rings. The van der Waals surface area contributed by atoms with E-state index in [0.717, 1.165) is 0 Å². The molecular formula is C9H19NOS. The van der Waals surface area contributed by atoms with E-state index in [1.54, 1.807) is 0 Å². The zero-order chi connectivity index (χ0) is 9.78. The number of hydrogen-bond acceptors (Lipinski definition) is 2. The molecule has 0 aliphatic carbocycles. The van der Waals surface area contributed by atoms with E-state index in [1.807, 2.05) is 6.92 Å². The molecule has 1 unspecified atom stereocenters. The molecule has 2 nitrogen and oxygen atoms in total. The van der Waals surface area contributed by atoms with Crippen molar-refractivity contribution >= 4 is 18.5 Å². The second kappa shape index (κ2) is 4.75. The maximum absolute atomic E-state index is 11.1. The van der Waals surface area contributed by atoms with E-state index < -0.39 is 0 Å². The van der Waals surface area contributed by atoms with Gasteiger partial charge in [-0.05, 0) is 18.1 Å². The van der Waals surface area contributed by atoms with Crippen LogP contribution < -0.4 is 5.32 Å². The average Bonchev–Trinajstić information content (AvgIpc) is 1.85. The molecule has 0 aliphatic rings. The minimum Gasteiger partial charge on any atom is -0.353 e. The minimum absolute atomic E-state index is 0.0902. The summed E-state index contributed by atoms with van der Waals surface area (Å²) in [5, 5.41) is 2.93. The topological polar surface area (TPSA) is 29.1 Å². The third kappa shape index (κ3) is 4.65. The van der Waals surface area contributed by atoms with Crippen molar-refractivity contribution < 1.29 is 4.79 Å². The molecular weight excluding hydrogens is 170 g/mol. The first kappa shape index (κ1) is 11.8. The molecule has 0 rings (SSSR count). The van der Waals surface area contributed by atoms with Gasteiger partial charge in [0, 0.05) is 12.5 Å². The number of carbonyl (C=O) groups excluding carboxylic acids is 1. The molecule has 0 heterocycles. The van der Waals surface area contributed by atoms with Gasteiger partial charge in [-0.2, -0.15) is 12.6 Å². The summed E-state index contributed by atoms with van der Waals surface area (Å²) in [5.74, 6) is 0.704. The van der Waals surface area contributed by atoms with Gasteiger partial charge in [-0.25, -0.2) is 0 Å². The Kier molecular flexibility index (Phi) is 4.68. The van der Waals surface area contributed by atoms with Crippen LogP contribution in [0.2, 0.25) is 0 Å². The minimum atomic E-state index is 0.0902. The zero-order valence-corrected chi connectivity index (χ0v) is 9.24. The molecule has 0 bridgehead atoms. The van der Waals surface area contributed by atoms with Crippen molar-refractivity contribution in [3.63, 3.8) is 0 Å². The number of rotatable bonds is 3. The van der Waals surface area contributed by atoms with Gasteiger partial charge in [-0.1, -0.05) is 20.8 Å². The first-order valence-electron chi connectivity index (χ1n) is 4.28. The Hall–Kier alpha value is -0.180. The Morgan fingerprint density at radius 2 is 2.00 bits per heavy atom. The van der Waals surface area contributed by atoms with E-state index in [0.29, 0.717) is 12.2 Å². The summed E-state index contributed by atoms with van der Waals surface area (Å²) in [7, 11) is 0. The van der Waals surface area contributed by atoms with Crippen LogP contribution in [-0.4, -0.2) is 17.7 Å². The van der Waals surface area contributed by atoms with E-state index in [9.17, 15) is 4.79 Å². The lowest BCUT2D eigenvalue weighted by atomic mass is 9.88. The van der Waals surface area contributed by atoms with Gasteiger partial charge in [0.2, 0.25) is 5.91 Å². The molecule has 0 saturated carbocycles. The second-order valence-electron chi connectivity index (χ2n) is 4.13. The molecule has 12 heavy (non-hydrogen) atoms. The maximum atomic E-state index is 11.1. The highest BCUT2D eigenvalue weighted by Crippen LogP contribution is 2.18. The molecule has 0 spiro atoms. The van der Waals surface area contributed by atoms with Crippen LogP contribution in [-0.2, 0) is 4.79 Å². The van der Waals surface area contributed by atoms with E-state index in [2.05, 4.69) is 38.7 Å². The van der Waals surface area contributed by atoms with Gasteiger partial charge in [-0.3, -0.25) is 4.79 Å². The number of thiol groups is 1. The van der Waals surface area contributed by atoms with Gasteiger partial charge in [0.1, 0.15) is 0 Å². The van der Waals surface area contributed by atoms with E-state index >= 15 is 0 Å². The van der Waals surface area contributed by atoms with Crippen molar-refractivity contribution in [3.8, 4) is 0 Å². The lowest BCUT2D eigenvalue weighted by Crippen LogP contribution is -2.41. The molecule has 0 aromatic heterocycles. The van der Waals surface area contributed by atoms with Crippen LogP contribution in [0.15, 0.2) is 0 Å². The number of carbonyl (C=O) groups is 1. The van der Waals surface area contributed by atoms with E-state index in [4.69, 9.17) is 0 Å². The monoisotopic (exact) mass is 189 g/mol. The Morgan fingerprint density at radius 3 is 2.33 bits per heavy atom. The Balaban J connectivity index is 3.84. The molecule has 3 heteroatoms. The normalized spacial score (nSPS) is 14.1. The van der Waals surface area contributed by atoms with Crippen LogP contribution >= 0.6 is 12.6 Å². The zero-order valence-electron chi connectivity index (χ0n) is 8.35. The van der Waals surface area contributed by atoms with Crippen molar-refractivity contribution in [3.05, 3.63) is 0 Å². The van der Waals surface area contributed by atoms with Crippen LogP contribution in [0.5, 0.6) is 0 Å². The molecule has 0 fully saturated rings. The van der Waals surface area contributed by atoms with Crippen LogP contribution in [0.1, 0.15) is 34.1 Å². The quantitative estimate of drug-likeness (QED) is 0.652. The molecule has 1 atom stereocenters. The van der Waals surface area contributed by atoms with Crippen LogP contribution in [0.3, 0.4) is 0 Å². The lowest BCUT2D eigenvalue weighted by molar-refractivity contribution is -0.121.